The van der Waals surface area contributed by atoms with E-state index in [0.29, 0.717) is 32.0 Å². The van der Waals surface area contributed by atoms with Crippen LogP contribution in [0.3, 0.4) is 0 Å². The molecule has 0 spiro atoms. The van der Waals surface area contributed by atoms with E-state index in [4.69, 9.17) is 9.47 Å². The molecule has 2 aliphatic rings. The lowest BCUT2D eigenvalue weighted by molar-refractivity contribution is -0.127. The summed E-state index contributed by atoms with van der Waals surface area (Å²) < 4.78 is 38.1. The maximum atomic E-state index is 12.7. The molecule has 9 heteroatoms. The average molecular weight is 426 g/mol. The van der Waals surface area contributed by atoms with Crippen LogP contribution in [-0.4, -0.2) is 75.3 Å². The van der Waals surface area contributed by atoms with Crippen molar-refractivity contribution in [1.82, 2.24) is 9.21 Å². The number of benzene rings is 1. The summed E-state index contributed by atoms with van der Waals surface area (Å²) in [6.45, 7) is 6.63. The van der Waals surface area contributed by atoms with Gasteiger partial charge in [-0.05, 0) is 37.6 Å². The molecule has 1 N–H and O–H groups in total. The molecule has 2 saturated heterocycles. The second-order valence-electron chi connectivity index (χ2n) is 7.31. The summed E-state index contributed by atoms with van der Waals surface area (Å²) in [4.78, 5) is 14.9. The fourth-order valence-electron chi connectivity index (χ4n) is 3.95. The van der Waals surface area contributed by atoms with Crippen molar-refractivity contribution >= 4 is 21.6 Å². The predicted octanol–water partition coefficient (Wildman–Crippen LogP) is 1.88. The molecule has 3 rings (SSSR count). The van der Waals surface area contributed by atoms with Crippen molar-refractivity contribution in [1.29, 1.82) is 0 Å². The van der Waals surface area contributed by atoms with Gasteiger partial charge in [0.2, 0.25) is 15.9 Å². The highest BCUT2D eigenvalue weighted by atomic mass is 32.2. The average Bonchev–Trinajstić information content (AvgIpc) is 3.24. The Labute approximate surface area is 173 Å². The van der Waals surface area contributed by atoms with E-state index in [9.17, 15) is 13.2 Å². The van der Waals surface area contributed by atoms with E-state index in [2.05, 4.69) is 10.2 Å². The van der Waals surface area contributed by atoms with Crippen LogP contribution in [0.5, 0.6) is 0 Å². The summed E-state index contributed by atoms with van der Waals surface area (Å²) in [5.74, 6) is -0.174. The van der Waals surface area contributed by atoms with Gasteiger partial charge in [-0.2, -0.15) is 4.31 Å². The van der Waals surface area contributed by atoms with Crippen LogP contribution in [0.1, 0.15) is 33.1 Å². The Morgan fingerprint density at radius 2 is 1.93 bits per heavy atom. The molecule has 2 heterocycles. The lowest BCUT2D eigenvalue weighted by Gasteiger charge is -2.37. The number of sulfonamides is 1. The van der Waals surface area contributed by atoms with Crippen LogP contribution in [0.4, 0.5) is 5.69 Å². The molecule has 0 bridgehead atoms. The van der Waals surface area contributed by atoms with Gasteiger partial charge in [-0.3, -0.25) is 9.69 Å². The number of carbonyl (C=O) groups excluding carboxylic acids is 1. The van der Waals surface area contributed by atoms with Gasteiger partial charge < -0.3 is 14.8 Å². The molecule has 0 aromatic heterocycles. The molecule has 1 aromatic rings. The second-order valence-corrected chi connectivity index (χ2v) is 9.25. The summed E-state index contributed by atoms with van der Waals surface area (Å²) in [6, 6.07) is 6.50. The summed E-state index contributed by atoms with van der Waals surface area (Å²) >= 11 is 0. The van der Waals surface area contributed by atoms with Gasteiger partial charge in [0.05, 0.1) is 30.7 Å². The quantitative estimate of drug-likeness (QED) is 0.684. The number of rotatable bonds is 8. The van der Waals surface area contributed by atoms with E-state index in [0.717, 1.165) is 25.8 Å². The highest BCUT2D eigenvalue weighted by molar-refractivity contribution is 7.89. The van der Waals surface area contributed by atoms with Crippen molar-refractivity contribution in [2.45, 2.75) is 50.3 Å². The minimum Gasteiger partial charge on any atom is -0.349 e. The number of nitrogens with one attached hydrogen (secondary N) is 1. The third-order valence-electron chi connectivity index (χ3n) is 5.43. The minimum absolute atomic E-state index is 0.0754. The zero-order chi connectivity index (χ0) is 20.9. The van der Waals surface area contributed by atoms with Crippen LogP contribution in [-0.2, 0) is 24.3 Å². The molecule has 29 heavy (non-hydrogen) atoms. The number of hydrogen-bond donors (Lipinski definition) is 1. The third kappa shape index (κ3) is 5.35. The smallest absolute Gasteiger partial charge is 0.243 e. The van der Waals surface area contributed by atoms with E-state index in [1.165, 1.54) is 10.4 Å². The van der Waals surface area contributed by atoms with Gasteiger partial charge in [0, 0.05) is 18.8 Å². The van der Waals surface area contributed by atoms with Crippen molar-refractivity contribution < 1.29 is 22.7 Å². The van der Waals surface area contributed by atoms with E-state index in [-0.39, 0.29) is 29.7 Å². The van der Waals surface area contributed by atoms with Crippen LogP contribution in [0.25, 0.3) is 0 Å². The number of nitrogens with zero attached hydrogens (tertiary/aromatic N) is 2. The molecule has 1 atom stereocenters. The van der Waals surface area contributed by atoms with Gasteiger partial charge in [-0.1, -0.05) is 26.3 Å². The monoisotopic (exact) mass is 425 g/mol. The standard InChI is InChI=1S/C20H31N3O5S/c1-3-23(4-2)29(25,26)17-9-7-8-16(14-17)21-19(24)15-22-11-6-5-10-18(22)20-27-12-13-28-20/h7-9,14,18,20H,3-6,10-13,15H2,1-2H3,(H,21,24). The SMILES string of the molecule is CCN(CC)S(=O)(=O)c1cccc(NC(=O)CN2CCCCC2C2OCCO2)c1. The second kappa shape index (κ2) is 9.99. The Morgan fingerprint density at radius 1 is 1.21 bits per heavy atom. The number of piperidine rings is 1. The first-order chi connectivity index (χ1) is 14.0. The Hall–Kier alpha value is -1.52. The molecule has 0 radical (unpaired) electrons. The molecular weight excluding hydrogens is 394 g/mol. The Bertz CT molecular complexity index is 791. The molecule has 1 amide bonds. The normalized spacial score (nSPS) is 21.6. The van der Waals surface area contributed by atoms with Crippen LogP contribution in [0, 0.1) is 0 Å². The highest BCUT2D eigenvalue weighted by Gasteiger charge is 2.34. The fraction of sp³-hybridized carbons (Fsp3) is 0.650. The summed E-state index contributed by atoms with van der Waals surface area (Å²) in [7, 11) is -3.57. The van der Waals surface area contributed by atoms with Gasteiger partial charge in [-0.25, -0.2) is 8.42 Å². The van der Waals surface area contributed by atoms with E-state index >= 15 is 0 Å². The third-order valence-corrected chi connectivity index (χ3v) is 7.48. The first kappa shape index (κ1) is 22.2. The maximum absolute atomic E-state index is 12.7. The first-order valence-electron chi connectivity index (χ1n) is 10.3. The van der Waals surface area contributed by atoms with Crippen molar-refractivity contribution in [3.05, 3.63) is 24.3 Å². The lowest BCUT2D eigenvalue weighted by Crippen LogP contribution is -2.50. The molecule has 1 aromatic carbocycles. The van der Waals surface area contributed by atoms with Crippen LogP contribution < -0.4 is 5.32 Å². The molecule has 8 nitrogen and oxygen atoms in total. The number of carbonyl (C=O) groups is 1. The van der Waals surface area contributed by atoms with Gasteiger partial charge in [-0.15, -0.1) is 0 Å². The Balaban J connectivity index is 1.66. The maximum Gasteiger partial charge on any atom is 0.243 e. The van der Waals surface area contributed by atoms with Crippen LogP contribution >= 0.6 is 0 Å². The van der Waals surface area contributed by atoms with Crippen LogP contribution in [0.15, 0.2) is 29.2 Å². The summed E-state index contributed by atoms with van der Waals surface area (Å²) in [6.07, 6.45) is 2.80. The van der Waals surface area contributed by atoms with Crippen molar-refractivity contribution in [2.75, 3.05) is 44.7 Å². The Kier molecular flexibility index (Phi) is 7.64. The lowest BCUT2D eigenvalue weighted by atomic mass is 10.0. The number of likely N-dealkylation sites (tertiary alicyclic amines) is 1. The predicted molar refractivity (Wildman–Crippen MR) is 110 cm³/mol. The van der Waals surface area contributed by atoms with E-state index in [1.54, 1.807) is 32.0 Å². The van der Waals surface area contributed by atoms with Gasteiger partial charge in [0.1, 0.15) is 0 Å². The van der Waals surface area contributed by atoms with Gasteiger partial charge >= 0.3 is 0 Å². The molecule has 0 aliphatic carbocycles. The molecule has 2 fully saturated rings. The first-order valence-corrected chi connectivity index (χ1v) is 11.8. The molecule has 2 aliphatic heterocycles. The number of ether oxygens (including phenoxy) is 2. The van der Waals surface area contributed by atoms with Crippen molar-refractivity contribution in [2.24, 2.45) is 0 Å². The van der Waals surface area contributed by atoms with E-state index < -0.39 is 10.0 Å². The topological polar surface area (TPSA) is 88.2 Å². The largest absolute Gasteiger partial charge is 0.349 e. The molecular formula is C20H31N3O5S. The van der Waals surface area contributed by atoms with Gasteiger partial charge in [0.25, 0.3) is 0 Å². The van der Waals surface area contributed by atoms with Crippen molar-refractivity contribution in [3.63, 3.8) is 0 Å². The van der Waals surface area contributed by atoms with Crippen molar-refractivity contribution in [3.8, 4) is 0 Å². The van der Waals surface area contributed by atoms with Gasteiger partial charge in [0.15, 0.2) is 6.29 Å². The van der Waals surface area contributed by atoms with Crippen LogP contribution in [0.2, 0.25) is 0 Å². The minimum atomic E-state index is -3.57. The number of anilines is 1. The number of amides is 1. The zero-order valence-electron chi connectivity index (χ0n) is 17.2. The zero-order valence-corrected chi connectivity index (χ0v) is 18.0. The molecule has 162 valence electrons. The number of hydrogen-bond acceptors (Lipinski definition) is 6. The summed E-state index contributed by atoms with van der Waals surface area (Å²) in [5.41, 5.74) is 0.477. The summed E-state index contributed by atoms with van der Waals surface area (Å²) in [5, 5.41) is 2.84. The van der Waals surface area contributed by atoms with E-state index in [1.807, 2.05) is 0 Å². The Morgan fingerprint density at radius 3 is 2.62 bits per heavy atom. The molecule has 0 saturated carbocycles. The molecule has 1 unspecified atom stereocenters. The highest BCUT2D eigenvalue weighted by Crippen LogP contribution is 2.24. The fourth-order valence-corrected chi connectivity index (χ4v) is 5.46.